The third-order valence-electron chi connectivity index (χ3n) is 5.34. The lowest BCUT2D eigenvalue weighted by atomic mass is 9.98. The maximum absolute atomic E-state index is 12.7. The van der Waals surface area contributed by atoms with E-state index < -0.39 is 0 Å². The summed E-state index contributed by atoms with van der Waals surface area (Å²) in [6.45, 7) is 1.29. The fourth-order valence-corrected chi connectivity index (χ4v) is 3.88. The van der Waals surface area contributed by atoms with Crippen LogP contribution in [0.5, 0.6) is 0 Å². The molecule has 3 heterocycles. The van der Waals surface area contributed by atoms with Gasteiger partial charge in [0.25, 0.3) is 5.91 Å². The number of pyridine rings is 1. The van der Waals surface area contributed by atoms with E-state index in [1.807, 2.05) is 17.3 Å². The quantitative estimate of drug-likeness (QED) is 0.851. The molecule has 0 radical (unpaired) electrons. The Kier molecular flexibility index (Phi) is 3.93. The minimum Gasteiger partial charge on any atom is -0.339 e. The van der Waals surface area contributed by atoms with E-state index in [2.05, 4.69) is 20.6 Å². The van der Waals surface area contributed by atoms with Gasteiger partial charge in [0.05, 0.1) is 18.0 Å². The number of carbonyl (C=O) groups is 1. The molecule has 2 aromatic rings. The summed E-state index contributed by atoms with van der Waals surface area (Å²) < 4.78 is 2.16. The van der Waals surface area contributed by atoms with Crippen LogP contribution in [0.25, 0.3) is 11.2 Å². The predicted octanol–water partition coefficient (Wildman–Crippen LogP) is 2.92. The summed E-state index contributed by atoms with van der Waals surface area (Å²) in [7, 11) is 0. The number of aromatic nitrogens is 3. The molecule has 0 N–H and O–H groups in total. The number of hydrogen-bond donors (Lipinski definition) is 0. The van der Waals surface area contributed by atoms with Gasteiger partial charge in [-0.1, -0.05) is 12.8 Å². The minimum absolute atomic E-state index is 0.00351. The largest absolute Gasteiger partial charge is 0.339 e. The van der Waals surface area contributed by atoms with E-state index in [9.17, 15) is 4.79 Å². The minimum atomic E-state index is -0.00351. The highest BCUT2D eigenvalue weighted by Crippen LogP contribution is 2.31. The van der Waals surface area contributed by atoms with Crippen LogP contribution >= 0.6 is 0 Å². The highest BCUT2D eigenvalue weighted by molar-refractivity contribution is 5.96. The Labute approximate surface area is 141 Å². The van der Waals surface area contributed by atoms with Crippen molar-refractivity contribution < 1.29 is 4.79 Å². The maximum atomic E-state index is 12.7. The second kappa shape index (κ2) is 6.23. The second-order valence-electron chi connectivity index (χ2n) is 6.85. The summed E-state index contributed by atoms with van der Waals surface area (Å²) in [5, 5.41) is 8.97. The van der Waals surface area contributed by atoms with Crippen LogP contribution in [-0.2, 0) is 0 Å². The molecule has 6 heteroatoms. The normalized spacial score (nSPS) is 19.7. The Morgan fingerprint density at radius 1 is 1.17 bits per heavy atom. The summed E-state index contributed by atoms with van der Waals surface area (Å²) in [6.07, 6.45) is 9.94. The van der Waals surface area contributed by atoms with E-state index in [-0.39, 0.29) is 11.8 Å². The molecule has 1 saturated carbocycles. The predicted molar refractivity (Wildman–Crippen MR) is 89.3 cm³/mol. The maximum Gasteiger partial charge on any atom is 0.255 e. The molecule has 0 spiro atoms. The average Bonchev–Trinajstić information content (AvgIpc) is 3.29. The first-order valence-corrected chi connectivity index (χ1v) is 8.78. The molecule has 1 amide bonds. The number of piperidine rings is 1. The highest BCUT2D eigenvalue weighted by atomic mass is 16.2. The molecular formula is C18H21N5O. The zero-order valence-electron chi connectivity index (χ0n) is 13.7. The first-order chi connectivity index (χ1) is 11.8. The van der Waals surface area contributed by atoms with E-state index in [0.717, 1.165) is 24.0 Å². The number of rotatable bonds is 2. The highest BCUT2D eigenvalue weighted by Gasteiger charge is 2.25. The van der Waals surface area contributed by atoms with Crippen LogP contribution < -0.4 is 0 Å². The Bertz CT molecular complexity index is 791. The number of hydrogen-bond acceptors (Lipinski definition) is 4. The van der Waals surface area contributed by atoms with Crippen molar-refractivity contribution in [3.63, 3.8) is 0 Å². The zero-order chi connectivity index (χ0) is 16.5. The number of imidazole rings is 1. The van der Waals surface area contributed by atoms with Gasteiger partial charge >= 0.3 is 0 Å². The van der Waals surface area contributed by atoms with Gasteiger partial charge in [0.2, 0.25) is 0 Å². The van der Waals surface area contributed by atoms with Gasteiger partial charge in [-0.15, -0.1) is 0 Å². The molecule has 1 aliphatic carbocycles. The number of amides is 1. The van der Waals surface area contributed by atoms with E-state index in [4.69, 9.17) is 5.26 Å². The number of carbonyl (C=O) groups excluding carboxylic acids is 1. The van der Waals surface area contributed by atoms with E-state index in [0.29, 0.717) is 24.7 Å². The topological polar surface area (TPSA) is 74.8 Å². The Hall–Kier alpha value is -2.42. The third kappa shape index (κ3) is 2.64. The second-order valence-corrected chi connectivity index (χ2v) is 6.85. The Morgan fingerprint density at radius 2 is 1.92 bits per heavy atom. The van der Waals surface area contributed by atoms with Crippen molar-refractivity contribution in [2.45, 2.75) is 44.6 Å². The Balaban J connectivity index is 1.55. The van der Waals surface area contributed by atoms with Gasteiger partial charge < -0.3 is 9.47 Å². The van der Waals surface area contributed by atoms with Crippen molar-refractivity contribution in [1.29, 1.82) is 5.26 Å². The van der Waals surface area contributed by atoms with E-state index in [1.54, 1.807) is 6.20 Å². The number of likely N-dealkylation sites (tertiary alicyclic amines) is 1. The molecule has 1 saturated heterocycles. The molecule has 6 nitrogen and oxygen atoms in total. The average molecular weight is 323 g/mol. The molecule has 0 aromatic carbocycles. The van der Waals surface area contributed by atoms with Gasteiger partial charge in [0, 0.05) is 31.2 Å². The number of fused-ring (bicyclic) bond motifs is 1. The first kappa shape index (κ1) is 15.1. The van der Waals surface area contributed by atoms with Gasteiger partial charge in [-0.05, 0) is 31.7 Å². The lowest BCUT2D eigenvalue weighted by molar-refractivity contribution is 0.0707. The summed E-state index contributed by atoms with van der Waals surface area (Å²) >= 11 is 0. The van der Waals surface area contributed by atoms with Gasteiger partial charge in [-0.25, -0.2) is 9.97 Å². The van der Waals surface area contributed by atoms with Gasteiger partial charge in [-0.3, -0.25) is 4.79 Å². The molecule has 0 bridgehead atoms. The smallest absolute Gasteiger partial charge is 0.255 e. The number of nitrogens with zero attached hydrogens (tertiary/aromatic N) is 5. The zero-order valence-corrected chi connectivity index (χ0v) is 13.7. The molecule has 1 aliphatic heterocycles. The monoisotopic (exact) mass is 323 g/mol. The molecule has 2 aromatic heterocycles. The molecule has 124 valence electrons. The van der Waals surface area contributed by atoms with Crippen molar-refractivity contribution in [3.05, 3.63) is 24.2 Å². The lowest BCUT2D eigenvalue weighted by Gasteiger charge is -2.29. The molecule has 2 fully saturated rings. The van der Waals surface area contributed by atoms with Crippen LogP contribution in [-0.4, -0.2) is 38.4 Å². The summed E-state index contributed by atoms with van der Waals surface area (Å²) in [6, 6.07) is 4.64. The lowest BCUT2D eigenvalue weighted by Crippen LogP contribution is -2.38. The summed E-state index contributed by atoms with van der Waals surface area (Å²) in [5.74, 6) is 0.0768. The van der Waals surface area contributed by atoms with Gasteiger partial charge in [0.1, 0.15) is 5.52 Å². The fourth-order valence-electron chi connectivity index (χ4n) is 3.88. The van der Waals surface area contributed by atoms with Gasteiger partial charge in [-0.2, -0.15) is 5.26 Å². The van der Waals surface area contributed by atoms with Crippen LogP contribution in [0, 0.1) is 17.2 Å². The molecule has 2 aliphatic rings. The van der Waals surface area contributed by atoms with Crippen LogP contribution in [0.2, 0.25) is 0 Å². The van der Waals surface area contributed by atoms with E-state index in [1.165, 1.54) is 25.7 Å². The molecule has 4 rings (SSSR count). The fraction of sp³-hybridized carbons (Fsp3) is 0.556. The van der Waals surface area contributed by atoms with Crippen molar-refractivity contribution in [2.24, 2.45) is 5.92 Å². The third-order valence-corrected chi connectivity index (χ3v) is 5.34. The van der Waals surface area contributed by atoms with E-state index >= 15 is 0 Å². The molecular weight excluding hydrogens is 302 g/mol. The van der Waals surface area contributed by atoms with Crippen LogP contribution in [0.4, 0.5) is 0 Å². The number of nitriles is 1. The van der Waals surface area contributed by atoms with Crippen molar-refractivity contribution >= 4 is 17.1 Å². The first-order valence-electron chi connectivity index (χ1n) is 8.78. The molecule has 24 heavy (non-hydrogen) atoms. The van der Waals surface area contributed by atoms with Crippen LogP contribution in [0.15, 0.2) is 18.6 Å². The van der Waals surface area contributed by atoms with Crippen LogP contribution in [0.3, 0.4) is 0 Å². The molecule has 0 unspecified atom stereocenters. The standard InChI is InChI=1S/C18H21N5O/c19-10-13-5-7-22(8-6-13)18(24)14-9-16-17(20-11-14)23(12-21-16)15-3-1-2-4-15/h9,11-13,15H,1-8H2. The van der Waals surface area contributed by atoms with Gasteiger partial charge in [0.15, 0.2) is 5.65 Å². The summed E-state index contributed by atoms with van der Waals surface area (Å²) in [5.41, 5.74) is 2.26. The van der Waals surface area contributed by atoms with Crippen molar-refractivity contribution in [1.82, 2.24) is 19.4 Å². The van der Waals surface area contributed by atoms with Crippen molar-refractivity contribution in [2.75, 3.05) is 13.1 Å². The molecule has 0 atom stereocenters. The van der Waals surface area contributed by atoms with Crippen LogP contribution in [0.1, 0.15) is 54.9 Å². The SMILES string of the molecule is N#CC1CCN(C(=O)c2cnc3c(c2)ncn3C2CCCC2)CC1. The summed E-state index contributed by atoms with van der Waals surface area (Å²) in [4.78, 5) is 23.5. The van der Waals surface area contributed by atoms with Crippen molar-refractivity contribution in [3.8, 4) is 6.07 Å². The Morgan fingerprint density at radius 3 is 2.62 bits per heavy atom.